The first kappa shape index (κ1) is 11.5. The molecule has 1 heterocycles. The largest absolute Gasteiger partial charge is 0.495 e. The third-order valence-corrected chi connectivity index (χ3v) is 4.90. The molecule has 16 heavy (non-hydrogen) atoms. The molecule has 0 saturated heterocycles. The molecule has 1 aliphatic heterocycles. The highest BCUT2D eigenvalue weighted by molar-refractivity contribution is 6.82. The first-order valence-electron chi connectivity index (χ1n) is 5.90. The topological polar surface area (TPSA) is 9.23 Å². The fourth-order valence-corrected chi connectivity index (χ4v) is 4.20. The van der Waals surface area contributed by atoms with Gasteiger partial charge in [0.05, 0.1) is 5.38 Å². The Balaban J connectivity index is 2.18. The Bertz CT molecular complexity index is 400. The second-order valence-corrected chi connectivity index (χ2v) is 10.5. The third-order valence-electron chi connectivity index (χ3n) is 2.99. The summed E-state index contributed by atoms with van der Waals surface area (Å²) in [6.07, 6.45) is 1.31. The van der Waals surface area contributed by atoms with Crippen LogP contribution in [0.25, 0.3) is 0 Å². The van der Waals surface area contributed by atoms with Crippen molar-refractivity contribution in [2.24, 2.45) is 0 Å². The Labute approximate surface area is 99.2 Å². The quantitative estimate of drug-likeness (QED) is 0.691. The Morgan fingerprint density at radius 2 is 1.75 bits per heavy atom. The standard InChI is InChI=1S/C14H20OSi/c1-11-10-13(12-8-6-5-7-9-12)15-14(11)16(2,3)4/h5-9,13H,10H2,1-4H3. The van der Waals surface area contributed by atoms with Gasteiger partial charge >= 0.3 is 0 Å². The predicted molar refractivity (Wildman–Crippen MR) is 70.9 cm³/mol. The molecule has 0 radical (unpaired) electrons. The minimum absolute atomic E-state index is 0.253. The molecule has 1 unspecified atom stereocenters. The van der Waals surface area contributed by atoms with Gasteiger partial charge < -0.3 is 4.74 Å². The predicted octanol–water partition coefficient (Wildman–Crippen LogP) is 4.30. The van der Waals surface area contributed by atoms with Gasteiger partial charge in [-0.05, 0) is 18.1 Å². The van der Waals surface area contributed by atoms with E-state index in [1.54, 1.807) is 0 Å². The SMILES string of the molecule is CC1=C([Si](C)(C)C)OC(c2ccccc2)C1. The average molecular weight is 232 g/mol. The third kappa shape index (κ3) is 2.22. The molecule has 1 aromatic rings. The number of hydrogen-bond acceptors (Lipinski definition) is 1. The minimum atomic E-state index is -1.30. The van der Waals surface area contributed by atoms with Gasteiger partial charge in [0.15, 0.2) is 0 Å². The van der Waals surface area contributed by atoms with Crippen molar-refractivity contribution in [1.29, 1.82) is 0 Å². The molecule has 0 amide bonds. The van der Waals surface area contributed by atoms with E-state index in [4.69, 9.17) is 4.74 Å². The van der Waals surface area contributed by atoms with Gasteiger partial charge in [-0.2, -0.15) is 0 Å². The Kier molecular flexibility index (Phi) is 2.93. The molecule has 0 bridgehead atoms. The van der Waals surface area contributed by atoms with E-state index in [9.17, 15) is 0 Å². The van der Waals surface area contributed by atoms with Crippen molar-refractivity contribution in [3.8, 4) is 0 Å². The monoisotopic (exact) mass is 232 g/mol. The van der Waals surface area contributed by atoms with Crippen molar-refractivity contribution in [2.45, 2.75) is 39.1 Å². The summed E-state index contributed by atoms with van der Waals surface area (Å²) in [7, 11) is -1.30. The molecule has 0 aliphatic carbocycles. The minimum Gasteiger partial charge on any atom is -0.495 e. The Hall–Kier alpha value is -1.02. The summed E-state index contributed by atoms with van der Waals surface area (Å²) in [5, 5.41) is 1.31. The molecule has 86 valence electrons. The fraction of sp³-hybridized carbons (Fsp3) is 0.429. The zero-order valence-electron chi connectivity index (χ0n) is 10.6. The van der Waals surface area contributed by atoms with Gasteiger partial charge in [0.2, 0.25) is 0 Å². The van der Waals surface area contributed by atoms with Crippen LogP contribution in [0.4, 0.5) is 0 Å². The molecular formula is C14H20OSi. The molecule has 1 aliphatic rings. The van der Waals surface area contributed by atoms with E-state index < -0.39 is 8.07 Å². The maximum Gasteiger partial charge on any atom is 0.126 e. The summed E-state index contributed by atoms with van der Waals surface area (Å²) in [4.78, 5) is 0. The molecule has 1 nitrogen and oxygen atoms in total. The molecular weight excluding hydrogens is 212 g/mol. The van der Waals surface area contributed by atoms with E-state index in [0.717, 1.165) is 6.42 Å². The van der Waals surface area contributed by atoms with Gasteiger partial charge in [-0.15, -0.1) is 0 Å². The van der Waals surface area contributed by atoms with Crippen LogP contribution in [-0.2, 0) is 4.74 Å². The van der Waals surface area contributed by atoms with Gasteiger partial charge in [0.25, 0.3) is 0 Å². The van der Waals surface area contributed by atoms with Crippen LogP contribution in [0.2, 0.25) is 19.6 Å². The lowest BCUT2D eigenvalue weighted by Gasteiger charge is -2.21. The first-order chi connectivity index (χ1) is 7.48. The average Bonchev–Trinajstić information content (AvgIpc) is 2.61. The van der Waals surface area contributed by atoms with Crippen LogP contribution in [0.3, 0.4) is 0 Å². The van der Waals surface area contributed by atoms with Crippen LogP contribution in [0.5, 0.6) is 0 Å². The molecule has 0 saturated carbocycles. The van der Waals surface area contributed by atoms with Crippen molar-refractivity contribution in [1.82, 2.24) is 0 Å². The Morgan fingerprint density at radius 3 is 2.25 bits per heavy atom. The highest BCUT2D eigenvalue weighted by atomic mass is 28.3. The number of rotatable bonds is 2. The van der Waals surface area contributed by atoms with Crippen LogP contribution in [0.15, 0.2) is 41.3 Å². The molecule has 0 aromatic heterocycles. The molecule has 0 spiro atoms. The summed E-state index contributed by atoms with van der Waals surface area (Å²) in [5.74, 6) is 0. The molecule has 1 atom stereocenters. The highest BCUT2D eigenvalue weighted by Crippen LogP contribution is 2.39. The van der Waals surface area contributed by atoms with Crippen LogP contribution in [0.1, 0.15) is 25.0 Å². The van der Waals surface area contributed by atoms with Crippen LogP contribution >= 0.6 is 0 Å². The molecule has 2 heteroatoms. The van der Waals surface area contributed by atoms with Crippen LogP contribution in [-0.4, -0.2) is 8.07 Å². The van der Waals surface area contributed by atoms with Gasteiger partial charge in [-0.1, -0.05) is 50.0 Å². The maximum absolute atomic E-state index is 6.17. The van der Waals surface area contributed by atoms with Crippen molar-refractivity contribution >= 4 is 8.07 Å². The lowest BCUT2D eigenvalue weighted by Crippen LogP contribution is -2.25. The van der Waals surface area contributed by atoms with Gasteiger partial charge in [0, 0.05) is 6.42 Å². The smallest absolute Gasteiger partial charge is 0.126 e. The lowest BCUT2D eigenvalue weighted by molar-refractivity contribution is 0.160. The molecule has 2 rings (SSSR count). The van der Waals surface area contributed by atoms with E-state index in [-0.39, 0.29) is 6.10 Å². The highest BCUT2D eigenvalue weighted by Gasteiger charge is 2.32. The van der Waals surface area contributed by atoms with Crippen LogP contribution < -0.4 is 0 Å². The zero-order chi connectivity index (χ0) is 11.8. The number of hydrogen-bond donors (Lipinski definition) is 0. The number of ether oxygens (including phenoxy) is 1. The normalized spacial score (nSPS) is 21.1. The van der Waals surface area contributed by atoms with Gasteiger partial charge in [0.1, 0.15) is 14.2 Å². The van der Waals surface area contributed by atoms with Crippen LogP contribution in [0, 0.1) is 0 Å². The molecule has 0 fully saturated rings. The summed E-state index contributed by atoms with van der Waals surface area (Å²) >= 11 is 0. The second-order valence-electron chi connectivity index (χ2n) is 5.58. The van der Waals surface area contributed by atoms with E-state index in [0.29, 0.717) is 0 Å². The Morgan fingerprint density at radius 1 is 1.12 bits per heavy atom. The van der Waals surface area contributed by atoms with Gasteiger partial charge in [-0.25, -0.2) is 0 Å². The second kappa shape index (κ2) is 4.09. The van der Waals surface area contributed by atoms with Crippen molar-refractivity contribution in [3.05, 3.63) is 46.9 Å². The van der Waals surface area contributed by atoms with E-state index >= 15 is 0 Å². The van der Waals surface area contributed by atoms with E-state index in [1.807, 2.05) is 0 Å². The summed E-state index contributed by atoms with van der Waals surface area (Å²) in [5.41, 5.74) is 2.75. The lowest BCUT2D eigenvalue weighted by atomic mass is 10.1. The summed E-state index contributed by atoms with van der Waals surface area (Å²) < 4.78 is 6.17. The summed E-state index contributed by atoms with van der Waals surface area (Å²) in [6, 6.07) is 10.5. The molecule has 0 N–H and O–H groups in total. The van der Waals surface area contributed by atoms with Crippen molar-refractivity contribution < 1.29 is 4.74 Å². The van der Waals surface area contributed by atoms with Gasteiger partial charge in [-0.3, -0.25) is 0 Å². The van der Waals surface area contributed by atoms with Crippen molar-refractivity contribution in [2.75, 3.05) is 0 Å². The molecule has 1 aromatic carbocycles. The number of benzene rings is 1. The zero-order valence-corrected chi connectivity index (χ0v) is 11.6. The maximum atomic E-state index is 6.17. The summed E-state index contributed by atoms with van der Waals surface area (Å²) in [6.45, 7) is 9.26. The van der Waals surface area contributed by atoms with E-state index in [1.165, 1.54) is 16.5 Å². The fourth-order valence-electron chi connectivity index (χ4n) is 2.33. The van der Waals surface area contributed by atoms with Crippen molar-refractivity contribution in [3.63, 3.8) is 0 Å². The first-order valence-corrected chi connectivity index (χ1v) is 9.40. The van der Waals surface area contributed by atoms with E-state index in [2.05, 4.69) is 56.9 Å².